The van der Waals surface area contributed by atoms with E-state index in [-0.39, 0.29) is 18.1 Å². The highest BCUT2D eigenvalue weighted by Gasteiger charge is 2.29. The number of nitrogens with one attached hydrogen (secondary N) is 1. The predicted octanol–water partition coefficient (Wildman–Crippen LogP) is 5.21. The summed E-state index contributed by atoms with van der Waals surface area (Å²) in [5.41, 5.74) is 3.38. The number of pyridine rings is 1. The number of benzene rings is 1. The number of carboxylic acid groups (broad SMARTS) is 1. The summed E-state index contributed by atoms with van der Waals surface area (Å²) < 4.78 is 11.0. The number of hydrogen-bond donors (Lipinski definition) is 2. The maximum atomic E-state index is 11.2. The molecule has 2 aromatic heterocycles. The number of anilines is 1. The highest BCUT2D eigenvalue weighted by molar-refractivity contribution is 6.32. The van der Waals surface area contributed by atoms with Gasteiger partial charge in [0.05, 0.1) is 17.6 Å². The van der Waals surface area contributed by atoms with Crippen molar-refractivity contribution >= 4 is 23.3 Å². The molecular formula is C23H25ClN4O4. The zero-order valence-electron chi connectivity index (χ0n) is 18.1. The van der Waals surface area contributed by atoms with Crippen LogP contribution in [0.4, 0.5) is 5.69 Å². The molecular weight excluding hydrogens is 432 g/mol. The first-order valence-electron chi connectivity index (χ1n) is 10.6. The Kier molecular flexibility index (Phi) is 6.32. The van der Waals surface area contributed by atoms with Gasteiger partial charge in [-0.15, -0.1) is 0 Å². The molecule has 0 aliphatic heterocycles. The molecule has 9 heteroatoms. The van der Waals surface area contributed by atoms with Crippen LogP contribution in [0.15, 0.2) is 35.0 Å². The third-order valence-corrected chi connectivity index (χ3v) is 5.72. The van der Waals surface area contributed by atoms with Crippen LogP contribution in [0.25, 0.3) is 22.8 Å². The topological polar surface area (TPSA) is 110 Å². The summed E-state index contributed by atoms with van der Waals surface area (Å²) in [6, 6.07) is 7.74. The number of ether oxygens (including phenoxy) is 1. The van der Waals surface area contributed by atoms with Gasteiger partial charge in [-0.2, -0.15) is 4.98 Å². The molecule has 0 amide bonds. The Bertz CT molecular complexity index is 1130. The molecule has 0 saturated heterocycles. The maximum Gasteiger partial charge on any atom is 0.306 e. The van der Waals surface area contributed by atoms with Gasteiger partial charge in [-0.05, 0) is 69.9 Å². The van der Waals surface area contributed by atoms with E-state index >= 15 is 0 Å². The lowest BCUT2D eigenvalue weighted by atomic mass is 10.1. The summed E-state index contributed by atoms with van der Waals surface area (Å²) >= 11 is 6.27. The van der Waals surface area contributed by atoms with Crippen LogP contribution in [0.3, 0.4) is 0 Å². The lowest BCUT2D eigenvalue weighted by molar-refractivity contribution is -0.141. The van der Waals surface area contributed by atoms with Crippen LogP contribution in [0, 0.1) is 12.8 Å². The van der Waals surface area contributed by atoms with E-state index in [1.807, 2.05) is 39.0 Å². The molecule has 3 aromatic rings. The standard InChI is InChI=1S/C23H25ClN4O4/c1-12(2)31-22-19(24)10-15(11-25-22)21-27-20(28-32-21)18-7-6-16(8-13(18)3)26-17-5-4-14(9-17)23(29)30/h6-8,10-12,14,17,26H,4-5,9H2,1-3H3,(H,29,30)/t14?,17-/m0/s1. The van der Waals surface area contributed by atoms with Gasteiger partial charge in [0.2, 0.25) is 11.7 Å². The normalized spacial score (nSPS) is 18.2. The van der Waals surface area contributed by atoms with Crippen LogP contribution >= 0.6 is 11.6 Å². The molecule has 32 heavy (non-hydrogen) atoms. The lowest BCUT2D eigenvalue weighted by Gasteiger charge is -2.15. The first-order chi connectivity index (χ1) is 15.3. The molecule has 2 heterocycles. The molecule has 1 fully saturated rings. The van der Waals surface area contributed by atoms with E-state index in [0.717, 1.165) is 23.2 Å². The van der Waals surface area contributed by atoms with Gasteiger partial charge in [0, 0.05) is 23.5 Å². The highest BCUT2D eigenvalue weighted by atomic mass is 35.5. The van der Waals surface area contributed by atoms with E-state index in [0.29, 0.717) is 41.0 Å². The Balaban J connectivity index is 1.48. The summed E-state index contributed by atoms with van der Waals surface area (Å²) in [5.74, 6) is 0.167. The summed E-state index contributed by atoms with van der Waals surface area (Å²) in [5, 5.41) is 17.1. The first kappa shape index (κ1) is 22.1. The monoisotopic (exact) mass is 456 g/mol. The van der Waals surface area contributed by atoms with Crippen LogP contribution in [0.5, 0.6) is 5.88 Å². The maximum absolute atomic E-state index is 11.2. The lowest BCUT2D eigenvalue weighted by Crippen LogP contribution is -2.17. The molecule has 168 valence electrons. The van der Waals surface area contributed by atoms with Gasteiger partial charge >= 0.3 is 5.97 Å². The highest BCUT2D eigenvalue weighted by Crippen LogP contribution is 2.32. The smallest absolute Gasteiger partial charge is 0.306 e. The molecule has 4 rings (SSSR count). The number of aromatic nitrogens is 3. The van der Waals surface area contributed by atoms with E-state index in [4.69, 9.17) is 20.9 Å². The van der Waals surface area contributed by atoms with Gasteiger partial charge in [0.15, 0.2) is 0 Å². The second kappa shape index (κ2) is 9.16. The van der Waals surface area contributed by atoms with Gasteiger partial charge in [-0.25, -0.2) is 4.98 Å². The van der Waals surface area contributed by atoms with Crippen molar-refractivity contribution in [2.45, 2.75) is 52.2 Å². The van der Waals surface area contributed by atoms with Gasteiger partial charge in [0.1, 0.15) is 5.02 Å². The molecule has 1 aliphatic carbocycles. The minimum absolute atomic E-state index is 0.0337. The number of hydrogen-bond acceptors (Lipinski definition) is 7. The van der Waals surface area contributed by atoms with Crippen LogP contribution in [0.1, 0.15) is 38.7 Å². The second-order valence-corrected chi connectivity index (χ2v) is 8.73. The minimum Gasteiger partial charge on any atom is -0.481 e. The third-order valence-electron chi connectivity index (χ3n) is 5.45. The van der Waals surface area contributed by atoms with Crippen LogP contribution in [0.2, 0.25) is 5.02 Å². The van der Waals surface area contributed by atoms with Gasteiger partial charge < -0.3 is 19.7 Å². The summed E-state index contributed by atoms with van der Waals surface area (Å²) in [6.45, 7) is 5.78. The molecule has 8 nitrogen and oxygen atoms in total. The van der Waals surface area contributed by atoms with Crippen molar-refractivity contribution in [2.24, 2.45) is 5.92 Å². The Morgan fingerprint density at radius 1 is 1.31 bits per heavy atom. The number of nitrogens with zero attached hydrogens (tertiary/aromatic N) is 3. The predicted molar refractivity (Wildman–Crippen MR) is 121 cm³/mol. The molecule has 1 saturated carbocycles. The third kappa shape index (κ3) is 4.85. The summed E-state index contributed by atoms with van der Waals surface area (Å²) in [4.78, 5) is 19.9. The first-order valence-corrected chi connectivity index (χ1v) is 10.9. The molecule has 0 spiro atoms. The summed E-state index contributed by atoms with van der Waals surface area (Å²) in [6.07, 6.45) is 3.76. The van der Waals surface area contributed by atoms with Crippen molar-refractivity contribution in [3.63, 3.8) is 0 Å². The number of aliphatic carboxylic acids is 1. The van der Waals surface area contributed by atoms with Crippen molar-refractivity contribution in [3.8, 4) is 28.7 Å². The zero-order chi connectivity index (χ0) is 22.8. The number of carbonyl (C=O) groups is 1. The average molecular weight is 457 g/mol. The molecule has 0 bridgehead atoms. The van der Waals surface area contributed by atoms with Crippen LogP contribution in [-0.4, -0.2) is 38.3 Å². The van der Waals surface area contributed by atoms with Gasteiger partial charge in [-0.1, -0.05) is 16.8 Å². The van der Waals surface area contributed by atoms with E-state index in [9.17, 15) is 9.90 Å². The van der Waals surface area contributed by atoms with Crippen molar-refractivity contribution < 1.29 is 19.2 Å². The van der Waals surface area contributed by atoms with Crippen molar-refractivity contribution in [1.29, 1.82) is 0 Å². The molecule has 2 atom stereocenters. The largest absolute Gasteiger partial charge is 0.481 e. The number of halogens is 1. The van der Waals surface area contributed by atoms with E-state index in [2.05, 4.69) is 20.4 Å². The number of rotatable bonds is 7. The molecule has 1 unspecified atom stereocenters. The molecule has 1 aliphatic rings. The van der Waals surface area contributed by atoms with Gasteiger partial charge in [-0.3, -0.25) is 4.79 Å². The zero-order valence-corrected chi connectivity index (χ0v) is 18.9. The Hall–Kier alpha value is -3.13. The van der Waals surface area contributed by atoms with E-state index < -0.39 is 5.97 Å². The Morgan fingerprint density at radius 3 is 2.78 bits per heavy atom. The molecule has 2 N–H and O–H groups in total. The fourth-order valence-corrected chi connectivity index (χ4v) is 4.09. The van der Waals surface area contributed by atoms with Crippen LogP contribution < -0.4 is 10.1 Å². The number of carboxylic acids is 1. The van der Waals surface area contributed by atoms with Crippen molar-refractivity contribution in [2.75, 3.05) is 5.32 Å². The summed E-state index contributed by atoms with van der Waals surface area (Å²) in [7, 11) is 0. The van der Waals surface area contributed by atoms with Crippen molar-refractivity contribution in [1.82, 2.24) is 15.1 Å². The van der Waals surface area contributed by atoms with E-state index in [1.165, 1.54) is 0 Å². The Morgan fingerprint density at radius 2 is 2.12 bits per heavy atom. The Labute approximate surface area is 191 Å². The van der Waals surface area contributed by atoms with Crippen molar-refractivity contribution in [3.05, 3.63) is 41.0 Å². The SMILES string of the molecule is Cc1cc(N[C@H]2CCC(C(=O)O)C2)ccc1-c1noc(-c2cnc(OC(C)C)c(Cl)c2)n1. The fraction of sp³-hybridized carbons (Fsp3) is 0.391. The van der Waals surface area contributed by atoms with Gasteiger partial charge in [0.25, 0.3) is 5.89 Å². The quantitative estimate of drug-likeness (QED) is 0.498. The van der Waals surface area contributed by atoms with Crippen LogP contribution in [-0.2, 0) is 4.79 Å². The molecule has 0 radical (unpaired) electrons. The second-order valence-electron chi connectivity index (χ2n) is 8.32. The minimum atomic E-state index is -0.715. The fourth-order valence-electron chi connectivity index (χ4n) is 3.88. The average Bonchev–Trinajstić information content (AvgIpc) is 3.39. The van der Waals surface area contributed by atoms with E-state index in [1.54, 1.807) is 12.3 Å². The molecule has 1 aromatic carbocycles. The number of aryl methyl sites for hydroxylation is 1.